The van der Waals surface area contributed by atoms with Gasteiger partial charge in [-0.05, 0) is 19.3 Å². The molecule has 2 unspecified atom stereocenters. The van der Waals surface area contributed by atoms with E-state index in [2.05, 4.69) is 38.5 Å². The Morgan fingerprint density at radius 1 is 1.29 bits per heavy atom. The Balaban J connectivity index is 0.00000280. The van der Waals surface area contributed by atoms with E-state index >= 15 is 0 Å². The summed E-state index contributed by atoms with van der Waals surface area (Å²) in [5, 5.41) is 3.42. The van der Waals surface area contributed by atoms with Gasteiger partial charge in [0.25, 0.3) is 0 Å². The number of aliphatic imine (C=N–C) groups is 1. The number of likely N-dealkylation sites (tertiary alicyclic amines) is 1. The number of hydrogen-bond acceptors (Lipinski definition) is 5. The third kappa shape index (κ3) is 6.31. The zero-order valence-corrected chi connectivity index (χ0v) is 20.0. The van der Waals surface area contributed by atoms with Gasteiger partial charge in [-0.15, -0.1) is 24.0 Å². The second kappa shape index (κ2) is 10.8. The fourth-order valence-corrected chi connectivity index (χ4v) is 5.07. The first-order chi connectivity index (χ1) is 13.0. The average Bonchev–Trinajstić information content (AvgIpc) is 3.17. The molecule has 2 aliphatic heterocycles. The summed E-state index contributed by atoms with van der Waals surface area (Å²) in [6, 6.07) is 0.400. The van der Waals surface area contributed by atoms with Crippen LogP contribution < -0.4 is 5.32 Å². The maximum absolute atomic E-state index is 11.5. The lowest BCUT2D eigenvalue weighted by molar-refractivity contribution is 0.188. The Labute approximate surface area is 185 Å². The van der Waals surface area contributed by atoms with Gasteiger partial charge in [-0.3, -0.25) is 9.89 Å². The third-order valence-corrected chi connectivity index (χ3v) is 7.18. The van der Waals surface area contributed by atoms with Gasteiger partial charge in [0, 0.05) is 51.7 Å². The van der Waals surface area contributed by atoms with Crippen molar-refractivity contribution in [2.45, 2.75) is 26.3 Å². The molecule has 0 saturated carbocycles. The maximum atomic E-state index is 11.5. The molecular weight excluding hydrogens is 491 g/mol. The lowest BCUT2D eigenvalue weighted by Gasteiger charge is -2.39. The smallest absolute Gasteiger partial charge is 0.194 e. The first kappa shape index (κ1) is 23.4. The van der Waals surface area contributed by atoms with Gasteiger partial charge < -0.3 is 14.8 Å². The lowest BCUT2D eigenvalue weighted by atomic mass is 9.93. The van der Waals surface area contributed by atoms with Crippen LogP contribution in [0.25, 0.3) is 0 Å². The zero-order chi connectivity index (χ0) is 19.3. The molecule has 28 heavy (non-hydrogen) atoms. The van der Waals surface area contributed by atoms with Crippen LogP contribution in [0.2, 0.25) is 0 Å². The summed E-state index contributed by atoms with van der Waals surface area (Å²) in [7, 11) is -2.82. The summed E-state index contributed by atoms with van der Waals surface area (Å²) >= 11 is 0. The molecule has 0 amide bonds. The van der Waals surface area contributed by atoms with Crippen molar-refractivity contribution in [1.29, 1.82) is 0 Å². The number of nitrogens with one attached hydrogen (secondary N) is 1. The molecule has 10 heteroatoms. The fourth-order valence-electron chi connectivity index (χ4n) is 3.79. The normalized spacial score (nSPS) is 25.9. The van der Waals surface area contributed by atoms with Gasteiger partial charge in [0.1, 0.15) is 0 Å². The minimum absolute atomic E-state index is 0. The van der Waals surface area contributed by atoms with E-state index in [1.165, 1.54) is 0 Å². The standard InChI is InChI=1S/C18H32N6O2S.HI/c1-3-20-18(21-6-8-22-10-12-27(25,26)13-11-22)23-7-4-16(2)17(14-23)24-9-5-19-15-24;/h5,9,15-17H,3-4,6-8,10-14H2,1-2H3,(H,20,21);1H. The Hall–Kier alpha value is -0.880. The van der Waals surface area contributed by atoms with Gasteiger partial charge in [0.2, 0.25) is 0 Å². The molecule has 0 aliphatic carbocycles. The minimum atomic E-state index is -2.82. The monoisotopic (exact) mass is 524 g/mol. The maximum Gasteiger partial charge on any atom is 0.194 e. The van der Waals surface area contributed by atoms with Crippen LogP contribution in [0.5, 0.6) is 0 Å². The molecule has 1 N–H and O–H groups in total. The summed E-state index contributed by atoms with van der Waals surface area (Å²) in [6.07, 6.45) is 6.90. The number of guanidine groups is 1. The summed E-state index contributed by atoms with van der Waals surface area (Å²) in [4.78, 5) is 13.6. The van der Waals surface area contributed by atoms with Crippen molar-refractivity contribution in [3.63, 3.8) is 0 Å². The first-order valence-corrected chi connectivity index (χ1v) is 11.7. The number of halogens is 1. The molecule has 2 saturated heterocycles. The van der Waals surface area contributed by atoms with Gasteiger partial charge in [-0.25, -0.2) is 13.4 Å². The number of nitrogens with zero attached hydrogens (tertiary/aromatic N) is 5. The molecule has 2 aliphatic rings. The molecule has 1 aromatic rings. The topological polar surface area (TPSA) is 82.8 Å². The Bertz CT molecular complexity index is 710. The largest absolute Gasteiger partial charge is 0.357 e. The van der Waals surface area contributed by atoms with Crippen molar-refractivity contribution < 1.29 is 8.42 Å². The first-order valence-electron chi connectivity index (χ1n) is 9.92. The van der Waals surface area contributed by atoms with Gasteiger partial charge in [-0.2, -0.15) is 0 Å². The number of piperidine rings is 1. The third-order valence-electron chi connectivity index (χ3n) is 5.58. The molecule has 0 bridgehead atoms. The summed E-state index contributed by atoms with van der Waals surface area (Å²) in [5.41, 5.74) is 0. The highest BCUT2D eigenvalue weighted by atomic mass is 127. The van der Waals surface area contributed by atoms with Crippen LogP contribution in [0, 0.1) is 5.92 Å². The highest BCUT2D eigenvalue weighted by Crippen LogP contribution is 2.27. The number of hydrogen-bond donors (Lipinski definition) is 1. The SMILES string of the molecule is CCNC(=NCCN1CCS(=O)(=O)CC1)N1CCC(C)C(n2ccnc2)C1.I. The Kier molecular flexibility index (Phi) is 9.00. The van der Waals surface area contributed by atoms with Crippen LogP contribution in [-0.4, -0.2) is 91.0 Å². The van der Waals surface area contributed by atoms with Crippen LogP contribution in [0.4, 0.5) is 0 Å². The Morgan fingerprint density at radius 2 is 2.04 bits per heavy atom. The van der Waals surface area contributed by atoms with Crippen LogP contribution in [0.1, 0.15) is 26.3 Å². The number of sulfone groups is 1. The van der Waals surface area contributed by atoms with Gasteiger partial charge in [0.15, 0.2) is 15.8 Å². The van der Waals surface area contributed by atoms with E-state index in [9.17, 15) is 8.42 Å². The molecule has 0 aromatic carbocycles. The van der Waals surface area contributed by atoms with Crippen molar-refractivity contribution in [2.24, 2.45) is 10.9 Å². The molecule has 0 spiro atoms. The van der Waals surface area contributed by atoms with Crippen molar-refractivity contribution in [3.05, 3.63) is 18.7 Å². The lowest BCUT2D eigenvalue weighted by Crippen LogP contribution is -2.49. The van der Waals surface area contributed by atoms with Gasteiger partial charge in [0.05, 0.1) is 30.4 Å². The molecule has 3 heterocycles. The molecule has 2 fully saturated rings. The predicted octanol–water partition coefficient (Wildman–Crippen LogP) is 1.08. The van der Waals surface area contributed by atoms with Crippen molar-refractivity contribution in [1.82, 2.24) is 24.7 Å². The molecule has 3 rings (SSSR count). The molecule has 160 valence electrons. The van der Waals surface area contributed by atoms with E-state index in [-0.39, 0.29) is 35.5 Å². The second-order valence-electron chi connectivity index (χ2n) is 7.52. The molecule has 8 nitrogen and oxygen atoms in total. The average molecular weight is 524 g/mol. The highest BCUT2D eigenvalue weighted by molar-refractivity contribution is 14.0. The quantitative estimate of drug-likeness (QED) is 0.353. The van der Waals surface area contributed by atoms with Gasteiger partial charge in [-0.1, -0.05) is 6.92 Å². The fraction of sp³-hybridized carbons (Fsp3) is 0.778. The van der Waals surface area contributed by atoms with E-state index < -0.39 is 9.84 Å². The molecular formula is C18H33IN6O2S. The Morgan fingerprint density at radius 3 is 2.68 bits per heavy atom. The zero-order valence-electron chi connectivity index (χ0n) is 16.8. The van der Waals surface area contributed by atoms with Crippen molar-refractivity contribution in [3.8, 4) is 0 Å². The van der Waals surface area contributed by atoms with E-state index in [0.29, 0.717) is 31.6 Å². The van der Waals surface area contributed by atoms with E-state index in [0.717, 1.165) is 38.6 Å². The van der Waals surface area contributed by atoms with Crippen LogP contribution >= 0.6 is 24.0 Å². The molecule has 1 aromatic heterocycles. The number of imidazole rings is 1. The minimum Gasteiger partial charge on any atom is -0.357 e. The second-order valence-corrected chi connectivity index (χ2v) is 9.82. The number of rotatable bonds is 5. The summed E-state index contributed by atoms with van der Waals surface area (Å²) in [6.45, 7) is 9.88. The van der Waals surface area contributed by atoms with Crippen molar-refractivity contribution >= 4 is 39.8 Å². The summed E-state index contributed by atoms with van der Waals surface area (Å²) in [5.74, 6) is 2.11. The molecule has 2 atom stereocenters. The van der Waals surface area contributed by atoms with Crippen LogP contribution in [0.3, 0.4) is 0 Å². The predicted molar refractivity (Wildman–Crippen MR) is 123 cm³/mol. The van der Waals surface area contributed by atoms with Crippen LogP contribution in [0.15, 0.2) is 23.7 Å². The van der Waals surface area contributed by atoms with E-state index in [1.54, 1.807) is 0 Å². The van der Waals surface area contributed by atoms with E-state index in [1.807, 2.05) is 18.7 Å². The van der Waals surface area contributed by atoms with E-state index in [4.69, 9.17) is 4.99 Å². The van der Waals surface area contributed by atoms with Gasteiger partial charge >= 0.3 is 0 Å². The summed E-state index contributed by atoms with van der Waals surface area (Å²) < 4.78 is 25.3. The van der Waals surface area contributed by atoms with Crippen LogP contribution in [-0.2, 0) is 9.84 Å². The van der Waals surface area contributed by atoms with Crippen molar-refractivity contribution in [2.75, 3.05) is 57.3 Å². The number of aromatic nitrogens is 2. The highest BCUT2D eigenvalue weighted by Gasteiger charge is 2.29. The molecule has 0 radical (unpaired) electrons.